The van der Waals surface area contributed by atoms with Gasteiger partial charge in [-0.1, -0.05) is 38.5 Å². The Balaban J connectivity index is -0.0000000655. The van der Waals surface area contributed by atoms with Crippen LogP contribution in [-0.2, 0) is 17.4 Å². The molecule has 0 aromatic heterocycles. The fraction of sp³-hybridized carbons (Fsp3) is 1.00. The summed E-state index contributed by atoms with van der Waals surface area (Å²) >= 11 is 0. The molecule has 8 nitrogen and oxygen atoms in total. The average molecular weight is 537 g/mol. The number of rotatable bonds is 0. The Kier molecular flexibility index (Phi) is 39.2. The number of hydrogen-bond acceptors (Lipinski definition) is 6. The molecule has 3 rings (SSSR count). The molecule has 0 heterocycles. The third-order valence-corrected chi connectivity index (χ3v) is 5.62. The minimum absolute atomic E-state index is 0. The molecule has 0 amide bonds. The molecule has 16 N–H and O–H groups in total. The summed E-state index contributed by atoms with van der Waals surface area (Å²) in [6, 6.07) is 1.69. The molecule has 3 fully saturated rings. The molecule has 6 atom stereocenters. The Morgan fingerprint density at radius 2 is 0.433 bits per heavy atom. The molecular formula is C18H46Cl3CrN6O2. The molecule has 0 saturated heterocycles. The van der Waals surface area contributed by atoms with Crippen LogP contribution in [0.4, 0.5) is 0 Å². The molecule has 30 heavy (non-hydrogen) atoms. The van der Waals surface area contributed by atoms with E-state index >= 15 is 0 Å². The molecule has 0 aliphatic heterocycles. The molecule has 12 heteroatoms. The average Bonchev–Trinajstić information content (AvgIpc) is 2.57. The van der Waals surface area contributed by atoms with Crippen LogP contribution in [0.15, 0.2) is 0 Å². The molecule has 0 bridgehead atoms. The molecular weight excluding hydrogens is 491 g/mol. The van der Waals surface area contributed by atoms with E-state index in [4.69, 9.17) is 34.4 Å². The van der Waals surface area contributed by atoms with Crippen molar-refractivity contribution in [3.8, 4) is 0 Å². The zero-order chi connectivity index (χ0) is 17.9. The van der Waals surface area contributed by atoms with Crippen LogP contribution in [0, 0.1) is 0 Å². The van der Waals surface area contributed by atoms with Crippen LogP contribution in [-0.4, -0.2) is 47.2 Å². The maximum absolute atomic E-state index is 5.65. The van der Waals surface area contributed by atoms with Gasteiger partial charge in [-0.15, -0.1) is 0 Å². The fourth-order valence-corrected chi connectivity index (χ4v) is 3.56. The van der Waals surface area contributed by atoms with Crippen LogP contribution in [0.1, 0.15) is 77.0 Å². The molecule has 187 valence electrons. The molecule has 0 aromatic carbocycles. The first-order valence-corrected chi connectivity index (χ1v) is 9.95. The van der Waals surface area contributed by atoms with Gasteiger partial charge in [-0.2, -0.15) is 0 Å². The number of halogens is 3. The van der Waals surface area contributed by atoms with E-state index in [0.717, 1.165) is 38.5 Å². The second kappa shape index (κ2) is 26.3. The summed E-state index contributed by atoms with van der Waals surface area (Å²) in [4.78, 5) is 0. The Hall–Kier alpha value is 1.08. The Morgan fingerprint density at radius 3 is 0.500 bits per heavy atom. The third kappa shape index (κ3) is 19.7. The minimum atomic E-state index is 0. The zero-order valence-electron chi connectivity index (χ0n) is 18.0. The van der Waals surface area contributed by atoms with Crippen molar-refractivity contribution >= 4 is 0 Å². The van der Waals surface area contributed by atoms with E-state index in [-0.39, 0.29) is 102 Å². The first-order valence-electron chi connectivity index (χ1n) is 9.95. The maximum Gasteiger partial charge on any atom is 3.00 e. The van der Waals surface area contributed by atoms with Gasteiger partial charge in [0.2, 0.25) is 0 Å². The monoisotopic (exact) mass is 535 g/mol. The normalized spacial score (nSPS) is 31.8. The van der Waals surface area contributed by atoms with Crippen LogP contribution >= 0.6 is 0 Å². The van der Waals surface area contributed by atoms with Gasteiger partial charge in [-0.25, -0.2) is 0 Å². The van der Waals surface area contributed by atoms with Gasteiger partial charge in [0.25, 0.3) is 0 Å². The summed E-state index contributed by atoms with van der Waals surface area (Å²) in [5.74, 6) is 0. The van der Waals surface area contributed by atoms with Crippen LogP contribution in [0.5, 0.6) is 0 Å². The van der Waals surface area contributed by atoms with E-state index in [1.54, 1.807) is 0 Å². The molecule has 3 aliphatic rings. The van der Waals surface area contributed by atoms with E-state index in [1.165, 1.54) is 38.5 Å². The van der Waals surface area contributed by atoms with Crippen molar-refractivity contribution in [1.82, 2.24) is 0 Å². The smallest absolute Gasteiger partial charge is 1.00 e. The SMILES string of the molecule is N[C@H]1CCCC[C@@H]1N.N[C@H]1CCCC[C@@H]1N.N[C@H]1CCCC[C@@H]1N.O.O.[Cl-].[Cl-].[Cl-].[Cr+3]. The Morgan fingerprint density at radius 1 is 0.333 bits per heavy atom. The summed E-state index contributed by atoms with van der Waals surface area (Å²) in [6.45, 7) is 0. The summed E-state index contributed by atoms with van der Waals surface area (Å²) in [7, 11) is 0. The van der Waals surface area contributed by atoms with E-state index in [1.807, 2.05) is 0 Å². The second-order valence-electron chi connectivity index (χ2n) is 7.84. The molecule has 0 aromatic rings. The van der Waals surface area contributed by atoms with Crippen LogP contribution in [0.25, 0.3) is 0 Å². The van der Waals surface area contributed by atoms with Gasteiger partial charge in [-0.05, 0) is 38.5 Å². The molecule has 3 saturated carbocycles. The minimum Gasteiger partial charge on any atom is -1.00 e. The predicted molar refractivity (Wildman–Crippen MR) is 110 cm³/mol. The van der Waals surface area contributed by atoms with Crippen LogP contribution in [0.3, 0.4) is 0 Å². The maximum atomic E-state index is 5.65. The summed E-state index contributed by atoms with van der Waals surface area (Å²) in [5.41, 5.74) is 33.9. The molecule has 1 radical (unpaired) electrons. The Labute approximate surface area is 212 Å². The van der Waals surface area contributed by atoms with Gasteiger partial charge < -0.3 is 82.6 Å². The quantitative estimate of drug-likeness (QED) is 0.176. The topological polar surface area (TPSA) is 219 Å². The molecule has 0 unspecified atom stereocenters. The summed E-state index contributed by atoms with van der Waals surface area (Å²) in [6.07, 6.45) is 14.4. The molecule has 3 aliphatic carbocycles. The van der Waals surface area contributed by atoms with Gasteiger partial charge in [0.15, 0.2) is 0 Å². The van der Waals surface area contributed by atoms with E-state index in [0.29, 0.717) is 0 Å². The predicted octanol–water partition coefficient (Wildman–Crippen LogP) is -9.99. The van der Waals surface area contributed by atoms with Gasteiger partial charge in [0.05, 0.1) is 0 Å². The van der Waals surface area contributed by atoms with Crippen molar-refractivity contribution in [3.05, 3.63) is 0 Å². The number of hydrogen-bond donors (Lipinski definition) is 6. The van der Waals surface area contributed by atoms with Gasteiger partial charge >= 0.3 is 17.4 Å². The van der Waals surface area contributed by atoms with E-state index < -0.39 is 0 Å². The second-order valence-corrected chi connectivity index (χ2v) is 7.84. The third-order valence-electron chi connectivity index (χ3n) is 5.62. The van der Waals surface area contributed by atoms with Crippen molar-refractivity contribution < 1.29 is 65.5 Å². The van der Waals surface area contributed by atoms with Crippen LogP contribution < -0.4 is 71.6 Å². The van der Waals surface area contributed by atoms with E-state index in [2.05, 4.69) is 0 Å². The first kappa shape index (κ1) is 44.7. The van der Waals surface area contributed by atoms with Gasteiger partial charge in [-0.3, -0.25) is 0 Å². The first-order chi connectivity index (χ1) is 11.4. The van der Waals surface area contributed by atoms with Crippen molar-refractivity contribution in [2.75, 3.05) is 0 Å². The van der Waals surface area contributed by atoms with Crippen molar-refractivity contribution in [3.63, 3.8) is 0 Å². The van der Waals surface area contributed by atoms with Gasteiger partial charge in [0, 0.05) is 36.3 Å². The van der Waals surface area contributed by atoms with Crippen LogP contribution in [0.2, 0.25) is 0 Å². The van der Waals surface area contributed by atoms with Crippen molar-refractivity contribution in [2.24, 2.45) is 34.4 Å². The fourth-order valence-electron chi connectivity index (χ4n) is 3.56. The van der Waals surface area contributed by atoms with Crippen molar-refractivity contribution in [1.29, 1.82) is 0 Å². The summed E-state index contributed by atoms with van der Waals surface area (Å²) < 4.78 is 0. The Bertz CT molecular complexity index is 267. The van der Waals surface area contributed by atoms with E-state index in [9.17, 15) is 0 Å². The van der Waals surface area contributed by atoms with Gasteiger partial charge in [0.1, 0.15) is 0 Å². The largest absolute Gasteiger partial charge is 3.00 e. The summed E-state index contributed by atoms with van der Waals surface area (Å²) in [5, 5.41) is 0. The zero-order valence-corrected chi connectivity index (χ0v) is 21.5. The standard InChI is InChI=1S/3C6H14N2.3ClH.Cr.2H2O/c3*7-5-3-1-2-4-6(5)8;;;;;;/h3*5-6H,1-4,7-8H2;3*1H;;2*1H2/q;;;;;;+3;;/p-3/t3*5-,6-;;;;;;/m000....../s1. The number of nitrogens with two attached hydrogens (primary N) is 6. The van der Waals surface area contributed by atoms with Crippen molar-refractivity contribution in [2.45, 2.75) is 113 Å². The molecule has 0 spiro atoms.